The Morgan fingerprint density at radius 1 is 1.60 bits per heavy atom. The van der Waals surface area contributed by atoms with Crippen LogP contribution in [0.15, 0.2) is 22.7 Å². The molecule has 5 heteroatoms. The van der Waals surface area contributed by atoms with Gasteiger partial charge in [-0.15, -0.1) is 0 Å². The highest BCUT2D eigenvalue weighted by atomic mass is 79.9. The number of halogens is 2. The first-order valence-corrected chi connectivity index (χ1v) is 5.15. The third-order valence-electron chi connectivity index (χ3n) is 1.65. The van der Waals surface area contributed by atoms with Gasteiger partial charge in [0.15, 0.2) is 0 Å². The van der Waals surface area contributed by atoms with Crippen LogP contribution in [-0.4, -0.2) is 18.2 Å². The number of carboxylic acids is 1. The van der Waals surface area contributed by atoms with E-state index in [-0.39, 0.29) is 0 Å². The summed E-state index contributed by atoms with van der Waals surface area (Å²) in [6, 6.07) is 3.41. The first-order chi connectivity index (χ1) is 7.04. The third-order valence-corrected chi connectivity index (χ3v) is 2.39. The lowest BCUT2D eigenvalue weighted by Crippen LogP contribution is -1.90. The van der Waals surface area contributed by atoms with Crippen molar-refractivity contribution in [2.45, 2.75) is 0 Å². The van der Waals surface area contributed by atoms with Crippen molar-refractivity contribution in [3.63, 3.8) is 0 Å². The highest BCUT2D eigenvalue weighted by Gasteiger charge is 2.07. The molecule has 0 saturated heterocycles. The number of hydrogen-bond donors (Lipinski definition) is 1. The molecule has 0 atom stereocenters. The first kappa shape index (κ1) is 12.1. The topological polar surface area (TPSA) is 46.5 Å². The van der Waals surface area contributed by atoms with E-state index in [1.807, 2.05) is 0 Å². The number of hydrogen-bond acceptors (Lipinski definition) is 2. The van der Waals surface area contributed by atoms with Crippen LogP contribution >= 0.6 is 27.5 Å². The summed E-state index contributed by atoms with van der Waals surface area (Å²) in [7, 11) is 1.48. The van der Waals surface area contributed by atoms with E-state index in [9.17, 15) is 4.79 Å². The first-order valence-electron chi connectivity index (χ1n) is 3.98. The summed E-state index contributed by atoms with van der Waals surface area (Å²) < 4.78 is 5.83. The second kappa shape index (κ2) is 5.19. The maximum atomic E-state index is 10.4. The molecule has 0 aliphatic rings. The molecule has 0 aliphatic carbocycles. The van der Waals surface area contributed by atoms with Gasteiger partial charge >= 0.3 is 5.97 Å². The number of ether oxygens (including phenoxy) is 1. The van der Waals surface area contributed by atoms with Gasteiger partial charge in [0.05, 0.1) is 12.1 Å². The van der Waals surface area contributed by atoms with Crippen molar-refractivity contribution in [1.82, 2.24) is 0 Å². The Kier molecular flexibility index (Phi) is 4.17. The summed E-state index contributed by atoms with van der Waals surface area (Å²) in [5.74, 6) is -0.564. The van der Waals surface area contributed by atoms with Crippen molar-refractivity contribution >= 4 is 39.6 Å². The van der Waals surface area contributed by atoms with Crippen molar-refractivity contribution in [1.29, 1.82) is 0 Å². The molecule has 0 radical (unpaired) electrons. The summed E-state index contributed by atoms with van der Waals surface area (Å²) >= 11 is 9.18. The highest BCUT2D eigenvalue weighted by molar-refractivity contribution is 9.10. The zero-order valence-electron chi connectivity index (χ0n) is 7.83. The molecule has 0 unspecified atom stereocenters. The molecule has 0 saturated carbocycles. The van der Waals surface area contributed by atoms with Gasteiger partial charge in [0.25, 0.3) is 0 Å². The number of methoxy groups -OCH3 is 1. The van der Waals surface area contributed by atoms with E-state index in [1.165, 1.54) is 13.2 Å². The fraction of sp³-hybridized carbons (Fsp3) is 0.100. The summed E-state index contributed by atoms with van der Waals surface area (Å²) in [5, 5.41) is 8.93. The Bertz CT molecular complexity index is 415. The van der Waals surface area contributed by atoms with E-state index < -0.39 is 5.97 Å². The highest BCUT2D eigenvalue weighted by Crippen LogP contribution is 2.33. The molecular weight excluding hydrogens is 283 g/mol. The van der Waals surface area contributed by atoms with Gasteiger partial charge in [-0.05, 0) is 18.2 Å². The van der Waals surface area contributed by atoms with Gasteiger partial charge < -0.3 is 9.84 Å². The minimum absolute atomic E-state index is 0.428. The van der Waals surface area contributed by atoms with Crippen LogP contribution in [0.5, 0.6) is 5.75 Å². The van der Waals surface area contributed by atoms with Gasteiger partial charge in [0, 0.05) is 16.1 Å². The van der Waals surface area contributed by atoms with E-state index in [1.54, 1.807) is 12.1 Å². The van der Waals surface area contributed by atoms with Crippen LogP contribution in [-0.2, 0) is 4.79 Å². The van der Waals surface area contributed by atoms with Gasteiger partial charge in [-0.1, -0.05) is 27.5 Å². The van der Waals surface area contributed by atoms with Gasteiger partial charge in [-0.2, -0.15) is 0 Å². The Morgan fingerprint density at radius 3 is 2.80 bits per heavy atom. The summed E-state index contributed by atoms with van der Waals surface area (Å²) in [6.07, 6.45) is 2.46. The molecule has 0 heterocycles. The molecule has 80 valence electrons. The molecule has 0 bridgehead atoms. The summed E-state index contributed by atoms with van der Waals surface area (Å²) in [6.45, 7) is 0. The fourth-order valence-corrected chi connectivity index (χ4v) is 1.99. The lowest BCUT2D eigenvalue weighted by atomic mass is 10.2. The molecule has 0 spiro atoms. The van der Waals surface area contributed by atoms with Crippen LogP contribution in [0.25, 0.3) is 6.08 Å². The quantitative estimate of drug-likeness (QED) is 0.870. The standard InChI is InChI=1S/C10H8BrClO3/c1-15-10-6(2-3-9(13)14)4-7(11)5-8(10)12/h2-5H,1H3,(H,13,14). The predicted octanol–water partition coefficient (Wildman–Crippen LogP) is 3.21. The Labute approximate surface area is 100 Å². The molecule has 0 aromatic heterocycles. The van der Waals surface area contributed by atoms with Crippen molar-refractivity contribution in [3.05, 3.63) is 33.3 Å². The SMILES string of the molecule is COc1c(Cl)cc(Br)cc1C=CC(=O)O. The van der Waals surface area contributed by atoms with Crippen molar-refractivity contribution in [3.8, 4) is 5.75 Å². The Hall–Kier alpha value is -1.00. The van der Waals surface area contributed by atoms with Crippen molar-refractivity contribution < 1.29 is 14.6 Å². The minimum atomic E-state index is -1.02. The molecule has 0 aliphatic heterocycles. The lowest BCUT2D eigenvalue weighted by Gasteiger charge is -2.07. The third kappa shape index (κ3) is 3.25. The van der Waals surface area contributed by atoms with Crippen LogP contribution in [0.1, 0.15) is 5.56 Å². The number of carboxylic acid groups (broad SMARTS) is 1. The number of benzene rings is 1. The molecule has 1 aromatic rings. The minimum Gasteiger partial charge on any atom is -0.495 e. The smallest absolute Gasteiger partial charge is 0.328 e. The molecule has 15 heavy (non-hydrogen) atoms. The van der Waals surface area contributed by atoms with E-state index in [0.29, 0.717) is 16.3 Å². The molecule has 0 amide bonds. The molecule has 1 N–H and O–H groups in total. The Morgan fingerprint density at radius 2 is 2.27 bits per heavy atom. The monoisotopic (exact) mass is 290 g/mol. The fourth-order valence-electron chi connectivity index (χ4n) is 1.08. The van der Waals surface area contributed by atoms with Crippen LogP contribution in [0.3, 0.4) is 0 Å². The number of carbonyl (C=O) groups is 1. The second-order valence-electron chi connectivity index (χ2n) is 2.68. The maximum Gasteiger partial charge on any atom is 0.328 e. The van der Waals surface area contributed by atoms with Crippen LogP contribution in [0.2, 0.25) is 5.02 Å². The molecule has 1 aromatic carbocycles. The maximum absolute atomic E-state index is 10.4. The van der Waals surface area contributed by atoms with E-state index >= 15 is 0 Å². The van der Waals surface area contributed by atoms with E-state index in [4.69, 9.17) is 21.4 Å². The largest absolute Gasteiger partial charge is 0.495 e. The second-order valence-corrected chi connectivity index (χ2v) is 4.00. The zero-order chi connectivity index (χ0) is 11.4. The zero-order valence-corrected chi connectivity index (χ0v) is 10.2. The molecular formula is C10H8BrClO3. The number of rotatable bonds is 3. The average Bonchev–Trinajstić information content (AvgIpc) is 2.13. The predicted molar refractivity (Wildman–Crippen MR) is 62.4 cm³/mol. The van der Waals surface area contributed by atoms with Gasteiger partial charge in [-0.3, -0.25) is 0 Å². The van der Waals surface area contributed by atoms with Crippen LogP contribution in [0.4, 0.5) is 0 Å². The average molecular weight is 292 g/mol. The lowest BCUT2D eigenvalue weighted by molar-refractivity contribution is -0.131. The summed E-state index contributed by atoms with van der Waals surface area (Å²) in [4.78, 5) is 10.4. The molecule has 3 nitrogen and oxygen atoms in total. The van der Waals surface area contributed by atoms with E-state index in [0.717, 1.165) is 10.5 Å². The normalized spacial score (nSPS) is 10.6. The summed E-state index contributed by atoms with van der Waals surface area (Å²) in [5.41, 5.74) is 0.610. The van der Waals surface area contributed by atoms with E-state index in [2.05, 4.69) is 15.9 Å². The van der Waals surface area contributed by atoms with Gasteiger partial charge in [0.2, 0.25) is 0 Å². The van der Waals surface area contributed by atoms with Gasteiger partial charge in [-0.25, -0.2) is 4.79 Å². The molecule has 1 rings (SSSR count). The van der Waals surface area contributed by atoms with Crippen molar-refractivity contribution in [2.75, 3.05) is 7.11 Å². The van der Waals surface area contributed by atoms with Crippen LogP contribution < -0.4 is 4.74 Å². The Balaban J connectivity index is 3.20. The number of aliphatic carboxylic acids is 1. The van der Waals surface area contributed by atoms with Crippen LogP contribution in [0, 0.1) is 0 Å². The molecule has 0 fully saturated rings. The van der Waals surface area contributed by atoms with Crippen molar-refractivity contribution in [2.24, 2.45) is 0 Å². The van der Waals surface area contributed by atoms with Gasteiger partial charge in [0.1, 0.15) is 5.75 Å².